The van der Waals surface area contributed by atoms with Gasteiger partial charge in [-0.05, 0) is 24.5 Å². The van der Waals surface area contributed by atoms with Crippen LogP contribution < -0.4 is 10.6 Å². The fourth-order valence-corrected chi connectivity index (χ4v) is 2.51. The summed E-state index contributed by atoms with van der Waals surface area (Å²) in [6.45, 7) is -0.0752. The van der Waals surface area contributed by atoms with E-state index in [9.17, 15) is 14.3 Å². The lowest BCUT2D eigenvalue weighted by Crippen LogP contribution is -2.32. The summed E-state index contributed by atoms with van der Waals surface area (Å²) >= 11 is 1.52. The molecule has 0 heterocycles. The number of anilines is 1. The number of benzene rings is 2. The predicted octanol–water partition coefficient (Wildman–Crippen LogP) is 3.40. The van der Waals surface area contributed by atoms with Gasteiger partial charge in [-0.15, -0.1) is 11.8 Å². The van der Waals surface area contributed by atoms with E-state index in [1.54, 1.807) is 18.2 Å². The van der Waals surface area contributed by atoms with E-state index in [4.69, 9.17) is 0 Å². The summed E-state index contributed by atoms with van der Waals surface area (Å²) in [4.78, 5) is 12.8. The average molecular weight is 320 g/mol. The van der Waals surface area contributed by atoms with Gasteiger partial charge >= 0.3 is 6.03 Å². The Morgan fingerprint density at radius 3 is 2.64 bits per heavy atom. The zero-order chi connectivity index (χ0) is 15.9. The van der Waals surface area contributed by atoms with Crippen molar-refractivity contribution in [2.24, 2.45) is 0 Å². The van der Waals surface area contributed by atoms with Crippen LogP contribution in [0.1, 0.15) is 11.7 Å². The molecule has 1 atom stereocenters. The van der Waals surface area contributed by atoms with Gasteiger partial charge in [0.15, 0.2) is 0 Å². The van der Waals surface area contributed by atoms with E-state index in [0.717, 1.165) is 4.90 Å². The van der Waals surface area contributed by atoms with Crippen LogP contribution >= 0.6 is 11.8 Å². The minimum atomic E-state index is -1.09. The molecule has 3 N–H and O–H groups in total. The molecule has 1 unspecified atom stereocenters. The summed E-state index contributed by atoms with van der Waals surface area (Å²) in [6.07, 6.45) is 0.822. The molecule has 0 saturated carbocycles. The van der Waals surface area contributed by atoms with E-state index in [2.05, 4.69) is 10.6 Å². The highest BCUT2D eigenvalue weighted by Gasteiger charge is 2.13. The monoisotopic (exact) mass is 320 g/mol. The smallest absolute Gasteiger partial charge is 0.319 e. The average Bonchev–Trinajstić information content (AvgIpc) is 2.53. The first-order valence-corrected chi connectivity index (χ1v) is 7.94. The summed E-state index contributed by atoms with van der Waals surface area (Å²) in [7, 11) is 0. The van der Waals surface area contributed by atoms with E-state index in [0.29, 0.717) is 5.69 Å². The Morgan fingerprint density at radius 2 is 1.91 bits per heavy atom. The van der Waals surface area contributed by atoms with Crippen LogP contribution in [0, 0.1) is 5.82 Å². The number of thioether (sulfide) groups is 1. The molecular weight excluding hydrogens is 303 g/mol. The Balaban J connectivity index is 1.92. The number of hydrogen-bond donors (Lipinski definition) is 3. The zero-order valence-electron chi connectivity index (χ0n) is 12.0. The van der Waals surface area contributed by atoms with Crippen molar-refractivity contribution in [2.45, 2.75) is 11.0 Å². The van der Waals surface area contributed by atoms with Gasteiger partial charge in [-0.25, -0.2) is 9.18 Å². The summed E-state index contributed by atoms with van der Waals surface area (Å²) < 4.78 is 13.5. The highest BCUT2D eigenvalue weighted by atomic mass is 32.2. The standard InChI is InChI=1S/C16H17FN2O2S/c1-22-15-9-5-4-8-13(15)19-16(21)18-10-14(20)11-6-2-3-7-12(11)17/h2-9,14,20H,10H2,1H3,(H2,18,19,21). The Hall–Kier alpha value is -2.05. The van der Waals surface area contributed by atoms with E-state index in [-0.39, 0.29) is 12.1 Å². The van der Waals surface area contributed by atoms with Gasteiger partial charge in [0.1, 0.15) is 5.82 Å². The number of hydrogen-bond acceptors (Lipinski definition) is 3. The van der Waals surface area contributed by atoms with Crippen LogP contribution in [0.2, 0.25) is 0 Å². The summed E-state index contributed by atoms with van der Waals surface area (Å²) in [5.74, 6) is -0.495. The predicted molar refractivity (Wildman–Crippen MR) is 86.6 cm³/mol. The Bertz CT molecular complexity index is 652. The lowest BCUT2D eigenvalue weighted by Gasteiger charge is -2.14. The maximum Gasteiger partial charge on any atom is 0.319 e. The number of carbonyl (C=O) groups excluding carboxylic acids is 1. The second-order valence-electron chi connectivity index (χ2n) is 4.57. The number of rotatable bonds is 5. The highest BCUT2D eigenvalue weighted by Crippen LogP contribution is 2.24. The first-order chi connectivity index (χ1) is 10.6. The normalized spacial score (nSPS) is 11.8. The Labute approximate surface area is 132 Å². The van der Waals surface area contributed by atoms with Crippen molar-refractivity contribution in [1.29, 1.82) is 0 Å². The third-order valence-electron chi connectivity index (χ3n) is 3.08. The SMILES string of the molecule is CSc1ccccc1NC(=O)NCC(O)c1ccccc1F. The third kappa shape index (κ3) is 4.22. The largest absolute Gasteiger partial charge is 0.386 e. The molecule has 4 nitrogen and oxygen atoms in total. The van der Waals surface area contributed by atoms with Crippen molar-refractivity contribution >= 4 is 23.5 Å². The minimum Gasteiger partial charge on any atom is -0.386 e. The molecule has 0 radical (unpaired) electrons. The summed E-state index contributed by atoms with van der Waals surface area (Å²) in [5, 5.41) is 15.2. The summed E-state index contributed by atoms with van der Waals surface area (Å²) in [5.41, 5.74) is 0.847. The Kier molecular flexibility index (Phi) is 5.80. The number of halogens is 1. The third-order valence-corrected chi connectivity index (χ3v) is 3.87. The molecule has 22 heavy (non-hydrogen) atoms. The molecule has 0 aromatic heterocycles. The van der Waals surface area contributed by atoms with Crippen molar-refractivity contribution < 1.29 is 14.3 Å². The maximum atomic E-state index is 13.5. The van der Waals surface area contributed by atoms with Crippen molar-refractivity contribution in [3.63, 3.8) is 0 Å². The van der Waals surface area contributed by atoms with Crippen LogP contribution in [-0.2, 0) is 0 Å². The van der Waals surface area contributed by atoms with Gasteiger partial charge in [0.2, 0.25) is 0 Å². The van der Waals surface area contributed by atoms with E-state index in [1.807, 2.05) is 24.5 Å². The van der Waals surface area contributed by atoms with Crippen molar-refractivity contribution in [3.05, 3.63) is 59.9 Å². The lowest BCUT2D eigenvalue weighted by molar-refractivity contribution is 0.170. The molecule has 0 bridgehead atoms. The molecule has 2 amide bonds. The molecule has 0 aliphatic carbocycles. The van der Waals surface area contributed by atoms with Crippen molar-refractivity contribution in [1.82, 2.24) is 5.32 Å². The molecule has 2 aromatic carbocycles. The van der Waals surface area contributed by atoms with Gasteiger partial charge in [0.05, 0.1) is 11.8 Å². The van der Waals surface area contributed by atoms with Gasteiger partial charge in [-0.1, -0.05) is 30.3 Å². The molecule has 116 valence electrons. The molecule has 0 aliphatic heterocycles. The molecular formula is C16H17FN2O2S. The fraction of sp³-hybridized carbons (Fsp3) is 0.188. The van der Waals surface area contributed by atoms with E-state index < -0.39 is 18.0 Å². The quantitative estimate of drug-likeness (QED) is 0.740. The number of nitrogens with one attached hydrogen (secondary N) is 2. The van der Waals surface area contributed by atoms with Gasteiger partial charge in [-0.2, -0.15) is 0 Å². The maximum absolute atomic E-state index is 13.5. The van der Waals surface area contributed by atoms with E-state index >= 15 is 0 Å². The van der Waals surface area contributed by atoms with Crippen LogP contribution in [0.15, 0.2) is 53.4 Å². The summed E-state index contributed by atoms with van der Waals surface area (Å²) in [6, 6.07) is 12.9. The van der Waals surface area contributed by atoms with Crippen LogP contribution in [-0.4, -0.2) is 23.9 Å². The molecule has 0 saturated heterocycles. The van der Waals surface area contributed by atoms with Gasteiger partial charge in [-0.3, -0.25) is 0 Å². The first kappa shape index (κ1) is 16.3. The number of aliphatic hydroxyl groups is 1. The number of urea groups is 1. The van der Waals surface area contributed by atoms with Crippen LogP contribution in [0.3, 0.4) is 0 Å². The van der Waals surface area contributed by atoms with Gasteiger partial charge in [0.25, 0.3) is 0 Å². The van der Waals surface area contributed by atoms with E-state index in [1.165, 1.54) is 23.9 Å². The zero-order valence-corrected chi connectivity index (χ0v) is 12.9. The number of aliphatic hydroxyl groups excluding tert-OH is 1. The van der Waals surface area contributed by atoms with Crippen LogP contribution in [0.5, 0.6) is 0 Å². The first-order valence-electron chi connectivity index (χ1n) is 6.72. The molecule has 0 spiro atoms. The molecule has 0 fully saturated rings. The number of carbonyl (C=O) groups is 1. The topological polar surface area (TPSA) is 61.4 Å². The van der Waals surface area contributed by atoms with Crippen molar-refractivity contribution in [3.8, 4) is 0 Å². The minimum absolute atomic E-state index is 0.0752. The van der Waals surface area contributed by atoms with Gasteiger partial charge < -0.3 is 15.7 Å². The molecule has 0 aliphatic rings. The number of amides is 2. The molecule has 2 rings (SSSR count). The fourth-order valence-electron chi connectivity index (χ4n) is 1.96. The Morgan fingerprint density at radius 1 is 1.23 bits per heavy atom. The number of para-hydroxylation sites is 1. The highest BCUT2D eigenvalue weighted by molar-refractivity contribution is 7.98. The van der Waals surface area contributed by atoms with Gasteiger partial charge in [0, 0.05) is 17.0 Å². The molecule has 6 heteroatoms. The lowest BCUT2D eigenvalue weighted by atomic mass is 10.1. The van der Waals surface area contributed by atoms with Crippen molar-refractivity contribution in [2.75, 3.05) is 18.1 Å². The second-order valence-corrected chi connectivity index (χ2v) is 5.42. The second kappa shape index (κ2) is 7.82. The van der Waals surface area contributed by atoms with Crippen LogP contribution in [0.4, 0.5) is 14.9 Å². The van der Waals surface area contributed by atoms with Crippen LogP contribution in [0.25, 0.3) is 0 Å². The molecule has 2 aromatic rings.